The van der Waals surface area contributed by atoms with E-state index in [-0.39, 0.29) is 29.9 Å². The summed E-state index contributed by atoms with van der Waals surface area (Å²) in [5.74, 6) is 0.564. The molecule has 2 aromatic rings. The van der Waals surface area contributed by atoms with Crippen molar-refractivity contribution in [2.75, 3.05) is 13.7 Å². The molecule has 0 amide bonds. The Morgan fingerprint density at radius 3 is 2.44 bits per heavy atom. The molecular formula is C15H18F3IN4OS. The van der Waals surface area contributed by atoms with Crippen LogP contribution in [0.25, 0.3) is 0 Å². The van der Waals surface area contributed by atoms with E-state index >= 15 is 0 Å². The van der Waals surface area contributed by atoms with Gasteiger partial charge in [-0.05, 0) is 28.0 Å². The van der Waals surface area contributed by atoms with E-state index in [4.69, 9.17) is 0 Å². The Morgan fingerprint density at radius 1 is 1.20 bits per heavy atom. The number of hydrogen-bond acceptors (Lipinski definition) is 4. The second kappa shape index (κ2) is 10.4. The smallest absolute Gasteiger partial charge is 0.422 e. The standard InChI is InChI=1S/C15H17F3N4OS.HI/c1-19-14(22-8-12-4-5-24-9-12)21-7-11-2-3-13(20-6-11)23-10-15(16,17)18;/h2-6,9H,7-8,10H2,1H3,(H2,19,21,22);1H. The van der Waals surface area contributed by atoms with E-state index < -0.39 is 12.8 Å². The molecule has 2 N–H and O–H groups in total. The minimum atomic E-state index is -4.37. The molecule has 2 heterocycles. The number of aliphatic imine (C=N–C) groups is 1. The first-order valence-corrected chi connectivity index (χ1v) is 8.00. The van der Waals surface area contributed by atoms with Crippen LogP contribution >= 0.6 is 35.3 Å². The van der Waals surface area contributed by atoms with Crippen molar-refractivity contribution in [3.63, 3.8) is 0 Å². The molecule has 0 fully saturated rings. The average molecular weight is 486 g/mol. The number of aromatic nitrogens is 1. The maximum absolute atomic E-state index is 12.1. The van der Waals surface area contributed by atoms with Crippen LogP contribution in [0.15, 0.2) is 40.1 Å². The number of rotatable bonds is 6. The summed E-state index contributed by atoms with van der Waals surface area (Å²) < 4.78 is 40.7. The summed E-state index contributed by atoms with van der Waals surface area (Å²) in [5, 5.41) is 10.3. The number of thiophene rings is 1. The van der Waals surface area contributed by atoms with E-state index in [1.54, 1.807) is 24.5 Å². The Morgan fingerprint density at radius 2 is 1.92 bits per heavy atom. The Hall–Kier alpha value is -1.56. The minimum Gasteiger partial charge on any atom is -0.468 e. The van der Waals surface area contributed by atoms with Crippen LogP contribution in [0.2, 0.25) is 0 Å². The molecule has 5 nitrogen and oxygen atoms in total. The molecular weight excluding hydrogens is 468 g/mol. The SMILES string of the molecule is CN=C(NCc1ccc(OCC(F)(F)F)nc1)NCc1ccsc1.I. The van der Waals surface area contributed by atoms with Gasteiger partial charge in [0.05, 0.1) is 0 Å². The summed E-state index contributed by atoms with van der Waals surface area (Å²) in [6.07, 6.45) is -2.91. The lowest BCUT2D eigenvalue weighted by Crippen LogP contribution is -2.36. The summed E-state index contributed by atoms with van der Waals surface area (Å²) in [7, 11) is 1.66. The van der Waals surface area contributed by atoms with Gasteiger partial charge in [-0.2, -0.15) is 24.5 Å². The van der Waals surface area contributed by atoms with E-state index in [1.165, 1.54) is 12.3 Å². The van der Waals surface area contributed by atoms with Crippen molar-refractivity contribution < 1.29 is 17.9 Å². The predicted molar refractivity (Wildman–Crippen MR) is 103 cm³/mol. The van der Waals surface area contributed by atoms with Crippen LogP contribution in [0.1, 0.15) is 11.1 Å². The quantitative estimate of drug-likeness (QED) is 0.373. The van der Waals surface area contributed by atoms with Gasteiger partial charge >= 0.3 is 6.18 Å². The fourth-order valence-corrected chi connectivity index (χ4v) is 2.41. The second-order valence-electron chi connectivity index (χ2n) is 4.82. The fraction of sp³-hybridized carbons (Fsp3) is 0.333. The number of pyridine rings is 1. The van der Waals surface area contributed by atoms with Crippen molar-refractivity contribution in [1.82, 2.24) is 15.6 Å². The van der Waals surface area contributed by atoms with Crippen LogP contribution in [0.3, 0.4) is 0 Å². The zero-order valence-electron chi connectivity index (χ0n) is 13.3. The van der Waals surface area contributed by atoms with Crippen LogP contribution in [-0.2, 0) is 13.1 Å². The second-order valence-corrected chi connectivity index (χ2v) is 5.60. The number of guanidine groups is 1. The van der Waals surface area contributed by atoms with Crippen LogP contribution in [0, 0.1) is 0 Å². The van der Waals surface area contributed by atoms with Crippen molar-refractivity contribution in [1.29, 1.82) is 0 Å². The van der Waals surface area contributed by atoms with Gasteiger partial charge in [-0.25, -0.2) is 4.98 Å². The third-order valence-electron chi connectivity index (χ3n) is 2.90. The van der Waals surface area contributed by atoms with Crippen LogP contribution in [0.4, 0.5) is 13.2 Å². The van der Waals surface area contributed by atoms with Crippen molar-refractivity contribution >= 4 is 41.3 Å². The molecule has 0 aliphatic carbocycles. The number of hydrogen-bond donors (Lipinski definition) is 2. The monoisotopic (exact) mass is 486 g/mol. The van der Waals surface area contributed by atoms with E-state index in [2.05, 4.69) is 25.3 Å². The number of ether oxygens (including phenoxy) is 1. The Bertz CT molecular complexity index is 648. The first kappa shape index (κ1) is 21.5. The third-order valence-corrected chi connectivity index (χ3v) is 3.64. The van der Waals surface area contributed by atoms with Gasteiger partial charge in [-0.1, -0.05) is 6.07 Å². The number of halogens is 4. The molecule has 0 spiro atoms. The summed E-state index contributed by atoms with van der Waals surface area (Å²) in [6.45, 7) is -0.252. The molecule has 0 radical (unpaired) electrons. The van der Waals surface area contributed by atoms with Gasteiger partial charge in [0.15, 0.2) is 12.6 Å². The highest BCUT2D eigenvalue weighted by atomic mass is 127. The van der Waals surface area contributed by atoms with Crippen LogP contribution in [-0.4, -0.2) is 30.8 Å². The maximum atomic E-state index is 12.1. The van der Waals surface area contributed by atoms with E-state index in [0.29, 0.717) is 19.0 Å². The zero-order valence-corrected chi connectivity index (χ0v) is 16.5. The minimum absolute atomic E-state index is 0. The van der Waals surface area contributed by atoms with Gasteiger partial charge in [0.25, 0.3) is 0 Å². The largest absolute Gasteiger partial charge is 0.468 e. The lowest BCUT2D eigenvalue weighted by molar-refractivity contribution is -0.154. The van der Waals surface area contributed by atoms with Gasteiger partial charge in [0.2, 0.25) is 5.88 Å². The first-order valence-electron chi connectivity index (χ1n) is 7.06. The molecule has 0 aliphatic rings. The van der Waals surface area contributed by atoms with Gasteiger partial charge in [0.1, 0.15) is 0 Å². The molecule has 0 unspecified atom stereocenters. The Balaban J connectivity index is 0.00000312. The lowest BCUT2D eigenvalue weighted by atomic mass is 10.3. The van der Waals surface area contributed by atoms with Gasteiger partial charge in [-0.15, -0.1) is 24.0 Å². The van der Waals surface area contributed by atoms with Gasteiger partial charge in [0, 0.05) is 32.4 Å². The summed E-state index contributed by atoms with van der Waals surface area (Å²) in [6, 6.07) is 5.08. The Kier molecular flexibility index (Phi) is 8.97. The molecule has 0 atom stereocenters. The van der Waals surface area contributed by atoms with Gasteiger partial charge in [-0.3, -0.25) is 4.99 Å². The number of nitrogens with one attached hydrogen (secondary N) is 2. The first-order chi connectivity index (χ1) is 11.5. The average Bonchev–Trinajstić information content (AvgIpc) is 3.07. The molecule has 0 aromatic carbocycles. The summed E-state index contributed by atoms with van der Waals surface area (Å²) >= 11 is 1.63. The number of nitrogens with zero attached hydrogens (tertiary/aromatic N) is 2. The zero-order chi connectivity index (χ0) is 17.4. The van der Waals surface area contributed by atoms with E-state index in [0.717, 1.165) is 11.1 Å². The topological polar surface area (TPSA) is 58.5 Å². The molecule has 2 aromatic heterocycles. The molecule has 25 heavy (non-hydrogen) atoms. The van der Waals surface area contributed by atoms with Crippen molar-refractivity contribution in [3.05, 3.63) is 46.3 Å². The van der Waals surface area contributed by atoms with Crippen molar-refractivity contribution in [2.45, 2.75) is 19.3 Å². The molecule has 0 aliphatic heterocycles. The van der Waals surface area contributed by atoms with Gasteiger partial charge < -0.3 is 15.4 Å². The molecule has 138 valence electrons. The maximum Gasteiger partial charge on any atom is 0.422 e. The Labute approximate surface area is 164 Å². The summed E-state index contributed by atoms with van der Waals surface area (Å²) in [5.41, 5.74) is 1.96. The van der Waals surface area contributed by atoms with Crippen molar-refractivity contribution in [2.24, 2.45) is 4.99 Å². The molecule has 0 saturated carbocycles. The van der Waals surface area contributed by atoms with E-state index in [9.17, 15) is 13.2 Å². The highest BCUT2D eigenvalue weighted by molar-refractivity contribution is 14.0. The number of alkyl halides is 3. The highest BCUT2D eigenvalue weighted by Crippen LogP contribution is 2.17. The highest BCUT2D eigenvalue weighted by Gasteiger charge is 2.28. The van der Waals surface area contributed by atoms with E-state index in [1.807, 2.05) is 16.8 Å². The molecule has 2 rings (SSSR count). The molecule has 10 heteroatoms. The third kappa shape index (κ3) is 8.38. The predicted octanol–water partition coefficient (Wildman–Crippen LogP) is 3.57. The summed E-state index contributed by atoms with van der Waals surface area (Å²) in [4.78, 5) is 7.96. The van der Waals surface area contributed by atoms with Crippen LogP contribution in [0.5, 0.6) is 5.88 Å². The van der Waals surface area contributed by atoms with Crippen molar-refractivity contribution in [3.8, 4) is 5.88 Å². The normalized spacial score (nSPS) is 11.6. The van der Waals surface area contributed by atoms with Crippen LogP contribution < -0.4 is 15.4 Å². The molecule has 0 bridgehead atoms. The fourth-order valence-electron chi connectivity index (χ4n) is 1.74. The lowest BCUT2D eigenvalue weighted by Gasteiger charge is -2.12. The molecule has 0 saturated heterocycles.